The van der Waals surface area contributed by atoms with Crippen LogP contribution in [0, 0.1) is 11.7 Å². The number of halogens is 1. The number of rotatable bonds is 8. The molecule has 3 rings (SSSR count). The predicted molar refractivity (Wildman–Crippen MR) is 114 cm³/mol. The Kier molecular flexibility index (Phi) is 7.50. The number of carbonyl (C=O) groups is 1. The van der Waals surface area contributed by atoms with Gasteiger partial charge in [-0.1, -0.05) is 12.1 Å². The summed E-state index contributed by atoms with van der Waals surface area (Å²) in [6, 6.07) is 11.1. The molecule has 0 atom stereocenters. The normalized spacial score (nSPS) is 15.5. The van der Waals surface area contributed by atoms with E-state index in [0.717, 1.165) is 23.4 Å². The third-order valence-electron chi connectivity index (χ3n) is 5.44. The van der Waals surface area contributed by atoms with E-state index in [4.69, 9.17) is 9.47 Å². The van der Waals surface area contributed by atoms with Crippen LogP contribution in [0.4, 0.5) is 4.39 Å². The van der Waals surface area contributed by atoms with E-state index >= 15 is 0 Å². The molecule has 0 aliphatic carbocycles. The molecule has 168 valence electrons. The van der Waals surface area contributed by atoms with Crippen LogP contribution in [0.3, 0.4) is 0 Å². The van der Waals surface area contributed by atoms with E-state index in [0.29, 0.717) is 25.8 Å². The summed E-state index contributed by atoms with van der Waals surface area (Å²) in [6.45, 7) is 0.890. The minimum Gasteiger partial charge on any atom is -0.497 e. The highest BCUT2D eigenvalue weighted by molar-refractivity contribution is 7.89. The molecule has 31 heavy (non-hydrogen) atoms. The second-order valence-corrected chi connectivity index (χ2v) is 9.27. The molecule has 0 bridgehead atoms. The van der Waals surface area contributed by atoms with Crippen LogP contribution in [0.15, 0.2) is 47.4 Å². The summed E-state index contributed by atoms with van der Waals surface area (Å²) in [7, 11) is -0.955. The van der Waals surface area contributed by atoms with E-state index in [-0.39, 0.29) is 35.6 Å². The van der Waals surface area contributed by atoms with Gasteiger partial charge in [0, 0.05) is 25.6 Å². The first-order valence-electron chi connectivity index (χ1n) is 10.1. The maximum Gasteiger partial charge on any atom is 0.246 e. The van der Waals surface area contributed by atoms with Crippen molar-refractivity contribution in [1.82, 2.24) is 9.62 Å². The van der Waals surface area contributed by atoms with Crippen molar-refractivity contribution in [2.45, 2.75) is 24.2 Å². The lowest BCUT2D eigenvalue weighted by atomic mass is 9.97. The number of sulfonamides is 1. The third-order valence-corrected chi connectivity index (χ3v) is 7.36. The van der Waals surface area contributed by atoms with E-state index in [1.165, 1.54) is 17.5 Å². The summed E-state index contributed by atoms with van der Waals surface area (Å²) in [5.74, 6) is -0.0960. The molecule has 9 heteroatoms. The first kappa shape index (κ1) is 23.0. The van der Waals surface area contributed by atoms with Gasteiger partial charge in [0.15, 0.2) is 0 Å². The highest BCUT2D eigenvalue weighted by Crippen LogP contribution is 2.30. The fourth-order valence-corrected chi connectivity index (χ4v) is 5.25. The number of methoxy groups -OCH3 is 2. The number of hydrogen-bond donors (Lipinski definition) is 1. The smallest absolute Gasteiger partial charge is 0.246 e. The van der Waals surface area contributed by atoms with Gasteiger partial charge < -0.3 is 14.8 Å². The first-order chi connectivity index (χ1) is 14.8. The highest BCUT2D eigenvalue weighted by atomic mass is 32.2. The Hall–Kier alpha value is -2.65. The molecule has 1 fully saturated rings. The number of hydrogen-bond acceptors (Lipinski definition) is 5. The second-order valence-electron chi connectivity index (χ2n) is 7.36. The SMILES string of the molecule is COc1ccc(CCNC(=O)C2CCN(S(=O)(=O)c3cc(F)ccc3OC)CC2)cc1. The number of amides is 1. The predicted octanol–water partition coefficient (Wildman–Crippen LogP) is 2.60. The zero-order valence-corrected chi connectivity index (χ0v) is 18.5. The molecule has 1 heterocycles. The second kappa shape index (κ2) is 10.1. The molecule has 0 aromatic heterocycles. The van der Waals surface area contributed by atoms with E-state index in [1.807, 2.05) is 24.3 Å². The summed E-state index contributed by atoms with van der Waals surface area (Å²) >= 11 is 0. The fourth-order valence-electron chi connectivity index (χ4n) is 3.62. The van der Waals surface area contributed by atoms with Gasteiger partial charge in [-0.05, 0) is 55.2 Å². The molecule has 2 aromatic rings. The summed E-state index contributed by atoms with van der Waals surface area (Å²) in [6.07, 6.45) is 1.51. The monoisotopic (exact) mass is 450 g/mol. The zero-order valence-electron chi connectivity index (χ0n) is 17.6. The first-order valence-corrected chi connectivity index (χ1v) is 11.5. The summed E-state index contributed by atoms with van der Waals surface area (Å²) in [4.78, 5) is 12.3. The number of carbonyl (C=O) groups excluding carboxylic acids is 1. The summed E-state index contributed by atoms with van der Waals surface area (Å²) in [5, 5.41) is 2.93. The van der Waals surface area contributed by atoms with Gasteiger partial charge in [0.25, 0.3) is 0 Å². The largest absolute Gasteiger partial charge is 0.497 e. The van der Waals surface area contributed by atoms with Crippen LogP contribution in [0.25, 0.3) is 0 Å². The van der Waals surface area contributed by atoms with Crippen molar-refractivity contribution in [1.29, 1.82) is 0 Å². The zero-order chi connectivity index (χ0) is 22.4. The average molecular weight is 451 g/mol. The molecule has 2 aromatic carbocycles. The maximum absolute atomic E-state index is 13.6. The van der Waals surface area contributed by atoms with Gasteiger partial charge in [-0.15, -0.1) is 0 Å². The van der Waals surface area contributed by atoms with Crippen molar-refractivity contribution in [2.24, 2.45) is 5.92 Å². The fraction of sp³-hybridized carbons (Fsp3) is 0.409. The average Bonchev–Trinajstić information content (AvgIpc) is 2.79. The highest BCUT2D eigenvalue weighted by Gasteiger charge is 2.33. The maximum atomic E-state index is 13.6. The van der Waals surface area contributed by atoms with Gasteiger partial charge in [-0.25, -0.2) is 12.8 Å². The Morgan fingerprint density at radius 2 is 1.77 bits per heavy atom. The molecule has 0 radical (unpaired) electrons. The minimum atomic E-state index is -3.91. The molecule has 0 unspecified atom stereocenters. The molecule has 1 amide bonds. The Morgan fingerprint density at radius 1 is 1.10 bits per heavy atom. The Morgan fingerprint density at radius 3 is 2.39 bits per heavy atom. The van der Waals surface area contributed by atoms with Gasteiger partial charge in [-0.3, -0.25) is 4.79 Å². The van der Waals surface area contributed by atoms with E-state index < -0.39 is 15.8 Å². The van der Waals surface area contributed by atoms with Crippen LogP contribution in [0.5, 0.6) is 11.5 Å². The topological polar surface area (TPSA) is 84.9 Å². The van der Waals surface area contributed by atoms with Crippen molar-refractivity contribution < 1.29 is 27.1 Å². The summed E-state index contributed by atoms with van der Waals surface area (Å²) < 4.78 is 51.0. The molecular weight excluding hydrogens is 423 g/mol. The van der Waals surface area contributed by atoms with E-state index in [2.05, 4.69) is 5.32 Å². The molecular formula is C22H27FN2O5S. The molecule has 0 saturated carbocycles. The molecule has 7 nitrogen and oxygen atoms in total. The van der Waals surface area contributed by atoms with Crippen LogP contribution >= 0.6 is 0 Å². The number of piperidine rings is 1. The number of nitrogens with one attached hydrogen (secondary N) is 1. The van der Waals surface area contributed by atoms with E-state index in [1.54, 1.807) is 7.11 Å². The van der Waals surface area contributed by atoms with Crippen molar-refractivity contribution in [3.8, 4) is 11.5 Å². The van der Waals surface area contributed by atoms with Crippen LogP contribution in [0.1, 0.15) is 18.4 Å². The minimum absolute atomic E-state index is 0.0751. The lowest BCUT2D eigenvalue weighted by molar-refractivity contribution is -0.126. The van der Waals surface area contributed by atoms with Crippen molar-refractivity contribution >= 4 is 15.9 Å². The van der Waals surface area contributed by atoms with Crippen LogP contribution in [-0.4, -0.2) is 52.5 Å². The Labute approximate surface area is 182 Å². The Balaban J connectivity index is 1.52. The number of benzene rings is 2. The molecule has 0 spiro atoms. The van der Waals surface area contributed by atoms with Crippen LogP contribution in [0.2, 0.25) is 0 Å². The Bertz CT molecular complexity index is 1000. The van der Waals surface area contributed by atoms with Crippen LogP contribution < -0.4 is 14.8 Å². The van der Waals surface area contributed by atoms with Gasteiger partial charge in [0.2, 0.25) is 15.9 Å². The van der Waals surface area contributed by atoms with Crippen molar-refractivity contribution in [3.05, 3.63) is 53.8 Å². The van der Waals surface area contributed by atoms with E-state index in [9.17, 15) is 17.6 Å². The molecule has 1 saturated heterocycles. The number of nitrogens with zero attached hydrogens (tertiary/aromatic N) is 1. The van der Waals surface area contributed by atoms with Gasteiger partial charge in [-0.2, -0.15) is 4.31 Å². The van der Waals surface area contributed by atoms with Crippen LogP contribution in [-0.2, 0) is 21.2 Å². The number of ether oxygens (including phenoxy) is 2. The molecule has 1 aliphatic rings. The third kappa shape index (κ3) is 5.54. The summed E-state index contributed by atoms with van der Waals surface area (Å²) in [5.41, 5.74) is 1.09. The van der Waals surface area contributed by atoms with Gasteiger partial charge in [0.05, 0.1) is 14.2 Å². The molecule has 1 aliphatic heterocycles. The standard InChI is InChI=1S/C22H27FN2O5S/c1-29-19-6-3-16(4-7-19)9-12-24-22(26)17-10-13-25(14-11-17)31(27,28)21-15-18(23)5-8-20(21)30-2/h3-8,15,17H,9-14H2,1-2H3,(H,24,26). The lowest BCUT2D eigenvalue weighted by Crippen LogP contribution is -2.43. The molecule has 1 N–H and O–H groups in total. The van der Waals surface area contributed by atoms with Gasteiger partial charge in [0.1, 0.15) is 22.2 Å². The van der Waals surface area contributed by atoms with Gasteiger partial charge >= 0.3 is 0 Å². The van der Waals surface area contributed by atoms with Crippen molar-refractivity contribution in [3.63, 3.8) is 0 Å². The quantitative estimate of drug-likeness (QED) is 0.668. The van der Waals surface area contributed by atoms with Crippen molar-refractivity contribution in [2.75, 3.05) is 33.9 Å². The lowest BCUT2D eigenvalue weighted by Gasteiger charge is -2.30.